The monoisotopic (exact) mass is 443 g/mol. The molecule has 3 rings (SSSR count). The number of halogens is 1. The number of sulfonamides is 1. The van der Waals surface area contributed by atoms with Crippen LogP contribution in [0.2, 0.25) is 4.34 Å². The molecule has 6 nitrogen and oxygen atoms in total. The predicted molar refractivity (Wildman–Crippen MR) is 113 cm³/mol. The molecule has 1 aliphatic rings. The molecule has 0 aromatic carbocycles. The number of thiophene rings is 1. The molecule has 2 aromatic heterocycles. The summed E-state index contributed by atoms with van der Waals surface area (Å²) in [4.78, 5) is 14.1. The highest BCUT2D eigenvalue weighted by molar-refractivity contribution is 7.88. The van der Waals surface area contributed by atoms with E-state index in [4.69, 9.17) is 11.6 Å². The fourth-order valence-corrected chi connectivity index (χ4v) is 5.67. The Balaban J connectivity index is 1.94. The van der Waals surface area contributed by atoms with Gasteiger partial charge in [-0.25, -0.2) is 13.1 Å². The first-order chi connectivity index (χ1) is 13.0. The summed E-state index contributed by atoms with van der Waals surface area (Å²) in [5, 5.41) is 4.58. The van der Waals surface area contributed by atoms with E-state index >= 15 is 0 Å². The van der Waals surface area contributed by atoms with E-state index in [0.717, 1.165) is 27.7 Å². The molecule has 0 bridgehead atoms. The Kier molecular flexibility index (Phi) is 6.06. The molecule has 9 heteroatoms. The third-order valence-corrected chi connectivity index (χ3v) is 7.44. The first-order valence-electron chi connectivity index (χ1n) is 9.31. The van der Waals surface area contributed by atoms with Crippen molar-refractivity contribution in [1.29, 1.82) is 0 Å². The molecule has 0 saturated carbocycles. The normalized spacial score (nSPS) is 18.7. The van der Waals surface area contributed by atoms with Crippen LogP contribution in [0.3, 0.4) is 0 Å². The average molecular weight is 444 g/mol. The highest BCUT2D eigenvalue weighted by Gasteiger charge is 2.36. The van der Waals surface area contributed by atoms with Crippen molar-refractivity contribution in [3.8, 4) is 0 Å². The van der Waals surface area contributed by atoms with Crippen molar-refractivity contribution in [2.24, 2.45) is 5.41 Å². The highest BCUT2D eigenvalue weighted by Crippen LogP contribution is 2.34. The zero-order valence-electron chi connectivity index (χ0n) is 16.6. The molecule has 154 valence electrons. The minimum atomic E-state index is -3.32. The smallest absolute Gasteiger partial charge is 0.252 e. The molecule has 0 radical (unpaired) electrons. The summed E-state index contributed by atoms with van der Waals surface area (Å²) in [7, 11) is -3.32. The van der Waals surface area contributed by atoms with Crippen molar-refractivity contribution < 1.29 is 13.2 Å². The van der Waals surface area contributed by atoms with E-state index in [0.29, 0.717) is 25.1 Å². The van der Waals surface area contributed by atoms with E-state index in [2.05, 4.69) is 5.10 Å². The van der Waals surface area contributed by atoms with Crippen LogP contribution in [0.1, 0.15) is 60.7 Å². The lowest BCUT2D eigenvalue weighted by Crippen LogP contribution is -2.31. The van der Waals surface area contributed by atoms with Gasteiger partial charge in [0, 0.05) is 22.5 Å². The molecule has 1 aliphatic heterocycles. The second-order valence-corrected chi connectivity index (χ2v) is 12.0. The summed E-state index contributed by atoms with van der Waals surface area (Å²) in [5.74, 6) is -0.0955. The summed E-state index contributed by atoms with van der Waals surface area (Å²) in [6, 6.07) is 5.45. The third kappa shape index (κ3) is 4.67. The SMILES string of the molecule is CC(C)(C)C(=O)n1nc(C2CCCN2S(C)(=O)=O)cc1CCc1ccc(Cl)s1. The summed E-state index contributed by atoms with van der Waals surface area (Å²) in [6.45, 7) is 6.07. The van der Waals surface area contributed by atoms with Gasteiger partial charge in [-0.15, -0.1) is 11.3 Å². The molecule has 0 aliphatic carbocycles. The average Bonchev–Trinajstić information content (AvgIpc) is 3.29. The van der Waals surface area contributed by atoms with Gasteiger partial charge in [-0.1, -0.05) is 32.4 Å². The fraction of sp³-hybridized carbons (Fsp3) is 0.579. The van der Waals surface area contributed by atoms with Crippen molar-refractivity contribution >= 4 is 38.9 Å². The van der Waals surface area contributed by atoms with Crippen LogP contribution in [0.5, 0.6) is 0 Å². The maximum atomic E-state index is 13.0. The van der Waals surface area contributed by atoms with Crippen molar-refractivity contribution in [2.75, 3.05) is 12.8 Å². The number of carbonyl (C=O) groups is 1. The van der Waals surface area contributed by atoms with Crippen LogP contribution in [-0.4, -0.2) is 41.2 Å². The van der Waals surface area contributed by atoms with E-state index in [1.807, 2.05) is 39.0 Å². The lowest BCUT2D eigenvalue weighted by molar-refractivity contribution is 0.0743. The van der Waals surface area contributed by atoms with Gasteiger partial charge in [0.15, 0.2) is 0 Å². The Morgan fingerprint density at radius 2 is 2.04 bits per heavy atom. The maximum Gasteiger partial charge on any atom is 0.252 e. The summed E-state index contributed by atoms with van der Waals surface area (Å²) < 4.78 is 28.0. The number of carbonyl (C=O) groups excluding carboxylic acids is 1. The van der Waals surface area contributed by atoms with Gasteiger partial charge in [0.2, 0.25) is 10.0 Å². The topological polar surface area (TPSA) is 72.3 Å². The molecule has 0 N–H and O–H groups in total. The van der Waals surface area contributed by atoms with Crippen molar-refractivity contribution in [3.63, 3.8) is 0 Å². The predicted octanol–water partition coefficient (Wildman–Crippen LogP) is 4.17. The lowest BCUT2D eigenvalue weighted by atomic mass is 9.95. The minimum Gasteiger partial charge on any atom is -0.272 e. The number of hydrogen-bond acceptors (Lipinski definition) is 5. The lowest BCUT2D eigenvalue weighted by Gasteiger charge is -2.20. The van der Waals surface area contributed by atoms with Crippen LogP contribution in [0.25, 0.3) is 0 Å². The molecule has 28 heavy (non-hydrogen) atoms. The number of hydrogen-bond donors (Lipinski definition) is 0. The molecule has 1 unspecified atom stereocenters. The minimum absolute atomic E-state index is 0.0955. The molecule has 3 heterocycles. The Morgan fingerprint density at radius 3 is 2.61 bits per heavy atom. The number of aryl methyl sites for hydroxylation is 2. The van der Waals surface area contributed by atoms with Crippen molar-refractivity contribution in [3.05, 3.63) is 38.8 Å². The highest BCUT2D eigenvalue weighted by atomic mass is 35.5. The second kappa shape index (κ2) is 7.89. The van der Waals surface area contributed by atoms with Gasteiger partial charge in [-0.2, -0.15) is 9.40 Å². The standard InChI is InChI=1S/C19H26ClN3O3S2/c1-19(2,3)18(24)23-13(7-8-14-9-10-17(20)27-14)12-15(21-23)16-6-5-11-22(16)28(4,25)26/h9-10,12,16H,5-8,11H2,1-4H3. The van der Waals surface area contributed by atoms with Crippen molar-refractivity contribution in [2.45, 2.75) is 52.5 Å². The Morgan fingerprint density at radius 1 is 1.32 bits per heavy atom. The molecule has 0 amide bonds. The van der Waals surface area contributed by atoms with Crippen LogP contribution in [-0.2, 0) is 22.9 Å². The fourth-order valence-electron chi connectivity index (χ4n) is 3.44. The molecular weight excluding hydrogens is 418 g/mol. The van der Waals surface area contributed by atoms with E-state index in [1.54, 1.807) is 0 Å². The molecule has 1 fully saturated rings. The zero-order valence-corrected chi connectivity index (χ0v) is 19.0. The number of rotatable bonds is 5. The van der Waals surface area contributed by atoms with Crippen LogP contribution < -0.4 is 0 Å². The summed E-state index contributed by atoms with van der Waals surface area (Å²) in [6.07, 6.45) is 4.12. The van der Waals surface area contributed by atoms with E-state index in [1.165, 1.54) is 26.6 Å². The summed E-state index contributed by atoms with van der Waals surface area (Å²) in [5.41, 5.74) is 0.871. The van der Waals surface area contributed by atoms with Gasteiger partial charge in [0.25, 0.3) is 5.91 Å². The molecule has 1 saturated heterocycles. The maximum absolute atomic E-state index is 13.0. The second-order valence-electron chi connectivity index (χ2n) is 8.27. The molecule has 1 atom stereocenters. The van der Waals surface area contributed by atoms with Gasteiger partial charge >= 0.3 is 0 Å². The molecular formula is C19H26ClN3O3S2. The van der Waals surface area contributed by atoms with E-state index < -0.39 is 15.4 Å². The van der Waals surface area contributed by atoms with Gasteiger partial charge in [0.05, 0.1) is 22.3 Å². The van der Waals surface area contributed by atoms with Crippen LogP contribution >= 0.6 is 22.9 Å². The Bertz CT molecular complexity index is 973. The van der Waals surface area contributed by atoms with Gasteiger partial charge < -0.3 is 0 Å². The largest absolute Gasteiger partial charge is 0.272 e. The van der Waals surface area contributed by atoms with Crippen LogP contribution in [0.15, 0.2) is 18.2 Å². The number of aromatic nitrogens is 2. The molecule has 2 aromatic rings. The summed E-state index contributed by atoms with van der Waals surface area (Å²) >= 11 is 7.54. The first-order valence-corrected chi connectivity index (χ1v) is 12.4. The van der Waals surface area contributed by atoms with Gasteiger partial charge in [-0.05, 0) is 43.9 Å². The third-order valence-electron chi connectivity index (χ3n) is 4.86. The van der Waals surface area contributed by atoms with Crippen LogP contribution in [0.4, 0.5) is 0 Å². The van der Waals surface area contributed by atoms with E-state index in [9.17, 15) is 13.2 Å². The zero-order chi connectivity index (χ0) is 20.7. The van der Waals surface area contributed by atoms with Crippen molar-refractivity contribution in [1.82, 2.24) is 14.1 Å². The first kappa shape index (κ1) is 21.5. The van der Waals surface area contributed by atoms with E-state index in [-0.39, 0.29) is 11.9 Å². The van der Waals surface area contributed by atoms with Crippen LogP contribution in [0, 0.1) is 5.41 Å². The van der Waals surface area contributed by atoms with Gasteiger partial charge in [0.1, 0.15) is 0 Å². The Labute approximate surface area is 175 Å². The molecule has 0 spiro atoms. The Hall–Kier alpha value is -1.22. The van der Waals surface area contributed by atoms with Gasteiger partial charge in [-0.3, -0.25) is 4.79 Å². The quantitative estimate of drug-likeness (QED) is 0.695. The number of nitrogens with zero attached hydrogens (tertiary/aromatic N) is 3.